The highest BCUT2D eigenvalue weighted by Gasteiger charge is 2.48. The standard InChI is InChI=1S/C35H36N2O7S/c1-6-42-24-9-10-25-29(18-24)45-35(36-25)37-31(21-7-12-27(28(17-21)41-5)43-14-13-19(2)3)30(33(39)34(37)40)32(38)22-8-11-26-23(16-22)15-20(4)44-26/h7-12,16-20,31,38H,6,13-15H2,1-5H3. The number of nitrogens with zero attached hydrogens (tertiary/aromatic N) is 2. The summed E-state index contributed by atoms with van der Waals surface area (Å²) in [5, 5.41) is 12.1. The molecule has 2 atom stereocenters. The van der Waals surface area contributed by atoms with Crippen molar-refractivity contribution in [3.05, 3.63) is 76.9 Å². The van der Waals surface area contributed by atoms with E-state index < -0.39 is 17.7 Å². The summed E-state index contributed by atoms with van der Waals surface area (Å²) in [5.74, 6) is 1.07. The van der Waals surface area contributed by atoms with E-state index in [1.807, 2.05) is 38.1 Å². The number of fused-ring (bicyclic) bond motifs is 2. The van der Waals surface area contributed by atoms with Crippen LogP contribution in [-0.2, 0) is 16.0 Å². The van der Waals surface area contributed by atoms with Crippen molar-refractivity contribution in [2.75, 3.05) is 25.2 Å². The van der Waals surface area contributed by atoms with Crippen LogP contribution in [0.15, 0.2) is 60.2 Å². The molecule has 2 aliphatic rings. The second-order valence-electron chi connectivity index (χ2n) is 11.6. The molecule has 9 nitrogen and oxygen atoms in total. The molecule has 10 heteroatoms. The van der Waals surface area contributed by atoms with Crippen LogP contribution >= 0.6 is 11.3 Å². The van der Waals surface area contributed by atoms with Gasteiger partial charge in [0.1, 0.15) is 23.4 Å². The van der Waals surface area contributed by atoms with E-state index in [2.05, 4.69) is 13.8 Å². The molecule has 1 amide bonds. The number of carbonyl (C=O) groups excluding carboxylic acids is 2. The van der Waals surface area contributed by atoms with Crippen LogP contribution < -0.4 is 23.8 Å². The summed E-state index contributed by atoms with van der Waals surface area (Å²) in [5.41, 5.74) is 2.56. The van der Waals surface area contributed by atoms with Crippen LogP contribution in [0.3, 0.4) is 0 Å². The van der Waals surface area contributed by atoms with Crippen LogP contribution in [0.5, 0.6) is 23.0 Å². The molecular formula is C35H36N2O7S. The third-order valence-corrected chi connectivity index (χ3v) is 8.95. The van der Waals surface area contributed by atoms with E-state index >= 15 is 0 Å². The van der Waals surface area contributed by atoms with Crippen molar-refractivity contribution in [1.29, 1.82) is 0 Å². The molecule has 0 radical (unpaired) electrons. The zero-order valence-electron chi connectivity index (χ0n) is 26.0. The number of ketones is 1. The molecule has 0 saturated carbocycles. The molecule has 0 aliphatic carbocycles. The molecule has 0 bridgehead atoms. The molecule has 3 aromatic carbocycles. The van der Waals surface area contributed by atoms with Crippen LogP contribution in [0.1, 0.15) is 56.8 Å². The van der Waals surface area contributed by atoms with Crippen LogP contribution in [0.4, 0.5) is 5.13 Å². The van der Waals surface area contributed by atoms with E-state index in [4.69, 9.17) is 23.9 Å². The zero-order chi connectivity index (χ0) is 31.8. The first-order chi connectivity index (χ1) is 21.7. The topological polar surface area (TPSA) is 107 Å². The molecule has 1 N–H and O–H groups in total. The van der Waals surface area contributed by atoms with Crippen molar-refractivity contribution in [2.24, 2.45) is 5.92 Å². The van der Waals surface area contributed by atoms with Gasteiger partial charge in [-0.15, -0.1) is 0 Å². The number of aromatic nitrogens is 1. The number of rotatable bonds is 10. The number of anilines is 1. The molecule has 3 heterocycles. The van der Waals surface area contributed by atoms with Crippen molar-refractivity contribution >= 4 is 44.1 Å². The minimum atomic E-state index is -0.973. The maximum atomic E-state index is 13.8. The number of methoxy groups -OCH3 is 1. The quantitative estimate of drug-likeness (QED) is 0.113. The SMILES string of the molecule is CCOc1ccc2nc(N3C(=O)C(=O)C(=C(O)c4ccc5c(c4)CC(C)O5)C3c3ccc(OCCC(C)C)c(OC)c3)sc2c1. The van der Waals surface area contributed by atoms with Crippen LogP contribution in [-0.4, -0.2) is 48.2 Å². The molecule has 2 aliphatic heterocycles. The van der Waals surface area contributed by atoms with Crippen molar-refractivity contribution in [1.82, 2.24) is 4.98 Å². The lowest BCUT2D eigenvalue weighted by Crippen LogP contribution is -2.29. The van der Waals surface area contributed by atoms with Gasteiger partial charge in [0.25, 0.3) is 5.78 Å². The van der Waals surface area contributed by atoms with E-state index in [0.29, 0.717) is 64.6 Å². The third kappa shape index (κ3) is 5.82. The Balaban J connectivity index is 1.48. The molecule has 6 rings (SSSR count). The maximum absolute atomic E-state index is 13.8. The number of hydrogen-bond acceptors (Lipinski definition) is 9. The fourth-order valence-corrected chi connectivity index (χ4v) is 6.72. The van der Waals surface area contributed by atoms with E-state index in [-0.39, 0.29) is 17.4 Å². The van der Waals surface area contributed by atoms with Gasteiger partial charge in [-0.25, -0.2) is 4.98 Å². The Morgan fingerprint density at radius 1 is 1.09 bits per heavy atom. The van der Waals surface area contributed by atoms with Gasteiger partial charge >= 0.3 is 5.91 Å². The van der Waals surface area contributed by atoms with Crippen molar-refractivity contribution in [2.45, 2.75) is 52.7 Å². The van der Waals surface area contributed by atoms with Crippen molar-refractivity contribution in [3.8, 4) is 23.0 Å². The van der Waals surface area contributed by atoms with Gasteiger partial charge in [0.2, 0.25) is 0 Å². The normalized spacial score (nSPS) is 18.8. The average Bonchev–Trinajstić information content (AvgIpc) is 3.68. The maximum Gasteiger partial charge on any atom is 0.301 e. The van der Waals surface area contributed by atoms with Gasteiger partial charge in [-0.1, -0.05) is 31.3 Å². The molecular weight excluding hydrogens is 592 g/mol. The Bertz CT molecular complexity index is 1810. The van der Waals surface area contributed by atoms with E-state index in [1.165, 1.54) is 16.2 Å². The second-order valence-corrected chi connectivity index (χ2v) is 12.6. The van der Waals surface area contributed by atoms with Gasteiger partial charge in [-0.2, -0.15) is 0 Å². The van der Waals surface area contributed by atoms with E-state index in [1.54, 1.807) is 37.4 Å². The fraction of sp³-hybridized carbons (Fsp3) is 0.343. The first kappa shape index (κ1) is 30.5. The number of aliphatic hydroxyl groups is 1. The highest BCUT2D eigenvalue weighted by atomic mass is 32.1. The summed E-state index contributed by atoms with van der Waals surface area (Å²) >= 11 is 1.28. The zero-order valence-corrected chi connectivity index (χ0v) is 26.8. The molecule has 1 fully saturated rings. The number of hydrogen-bond donors (Lipinski definition) is 1. The number of amides is 1. The predicted octanol–water partition coefficient (Wildman–Crippen LogP) is 7.08. The summed E-state index contributed by atoms with van der Waals surface area (Å²) in [7, 11) is 1.54. The molecule has 0 spiro atoms. The average molecular weight is 629 g/mol. The molecule has 1 saturated heterocycles. The smallest absolute Gasteiger partial charge is 0.301 e. The van der Waals surface area contributed by atoms with Crippen LogP contribution in [0.25, 0.3) is 16.0 Å². The molecule has 1 aromatic heterocycles. The number of carbonyl (C=O) groups is 2. The lowest BCUT2D eigenvalue weighted by atomic mass is 9.94. The summed E-state index contributed by atoms with van der Waals surface area (Å²) < 4.78 is 24.0. The van der Waals surface area contributed by atoms with Gasteiger partial charge < -0.3 is 24.1 Å². The predicted molar refractivity (Wildman–Crippen MR) is 174 cm³/mol. The first-order valence-electron chi connectivity index (χ1n) is 15.1. The highest BCUT2D eigenvalue weighted by Crippen LogP contribution is 2.46. The molecule has 234 valence electrons. The van der Waals surface area contributed by atoms with E-state index in [0.717, 1.165) is 22.4 Å². The summed E-state index contributed by atoms with van der Waals surface area (Å²) in [6.45, 7) is 9.16. The Hall–Kier alpha value is -4.57. The summed E-state index contributed by atoms with van der Waals surface area (Å²) in [6.07, 6.45) is 1.57. The van der Waals surface area contributed by atoms with Crippen LogP contribution in [0.2, 0.25) is 0 Å². The van der Waals surface area contributed by atoms with Gasteiger partial charge in [-0.3, -0.25) is 14.5 Å². The monoisotopic (exact) mass is 628 g/mol. The number of aliphatic hydroxyl groups excluding tert-OH is 1. The molecule has 4 aromatic rings. The van der Waals surface area contributed by atoms with Gasteiger partial charge in [0, 0.05) is 12.0 Å². The third-order valence-electron chi connectivity index (χ3n) is 7.94. The Kier molecular flexibility index (Phi) is 8.42. The van der Waals surface area contributed by atoms with E-state index in [9.17, 15) is 14.7 Å². The number of thiazole rings is 1. The largest absolute Gasteiger partial charge is 0.507 e. The Morgan fingerprint density at radius 3 is 2.67 bits per heavy atom. The summed E-state index contributed by atoms with van der Waals surface area (Å²) in [4.78, 5) is 33.8. The fourth-order valence-electron chi connectivity index (χ4n) is 5.70. The Morgan fingerprint density at radius 2 is 1.91 bits per heavy atom. The second kappa shape index (κ2) is 12.4. The lowest BCUT2D eigenvalue weighted by Gasteiger charge is -2.24. The minimum Gasteiger partial charge on any atom is -0.507 e. The number of Topliss-reactive ketones (excluding diaryl/α,β-unsaturated/α-hetero) is 1. The van der Waals surface area contributed by atoms with Gasteiger partial charge in [0.05, 0.1) is 42.2 Å². The number of ether oxygens (including phenoxy) is 4. The number of benzene rings is 3. The minimum absolute atomic E-state index is 0.0130. The molecule has 2 unspecified atom stereocenters. The lowest BCUT2D eigenvalue weighted by molar-refractivity contribution is -0.132. The summed E-state index contributed by atoms with van der Waals surface area (Å²) in [6, 6.07) is 15.2. The Labute approximate surface area is 266 Å². The van der Waals surface area contributed by atoms with Crippen molar-refractivity contribution in [3.63, 3.8) is 0 Å². The van der Waals surface area contributed by atoms with Gasteiger partial charge in [-0.05, 0) is 85.8 Å². The van der Waals surface area contributed by atoms with Gasteiger partial charge in [0.15, 0.2) is 16.6 Å². The van der Waals surface area contributed by atoms with Crippen LogP contribution in [0, 0.1) is 5.92 Å². The van der Waals surface area contributed by atoms with Crippen molar-refractivity contribution < 1.29 is 33.6 Å². The highest BCUT2D eigenvalue weighted by molar-refractivity contribution is 7.22. The molecule has 45 heavy (non-hydrogen) atoms. The first-order valence-corrected chi connectivity index (χ1v) is 15.9.